The van der Waals surface area contributed by atoms with Crippen LogP contribution in [-0.2, 0) is 0 Å². The molecule has 0 saturated carbocycles. The van der Waals surface area contributed by atoms with Gasteiger partial charge in [0.05, 0.1) is 5.69 Å². The molecule has 13 heavy (non-hydrogen) atoms. The molecule has 0 fully saturated rings. The van der Waals surface area contributed by atoms with Crippen molar-refractivity contribution in [3.63, 3.8) is 0 Å². The minimum Gasteiger partial charge on any atom is -0.256 e. The number of nitrogens with zero attached hydrogens (tertiary/aromatic N) is 1. The zero-order valence-electron chi connectivity index (χ0n) is 7.77. The maximum Gasteiger partial charge on any atom is 0.0698 e. The summed E-state index contributed by atoms with van der Waals surface area (Å²) in [6.07, 6.45) is 9.48. The summed E-state index contributed by atoms with van der Waals surface area (Å²) < 4.78 is 0. The molecule has 0 bridgehead atoms. The van der Waals surface area contributed by atoms with Crippen LogP contribution in [0, 0.1) is 0 Å². The molecule has 0 aliphatic carbocycles. The zero-order valence-corrected chi connectivity index (χ0v) is 7.77. The second kappa shape index (κ2) is 5.09. The average Bonchev–Trinajstić information content (AvgIpc) is 2.21. The van der Waals surface area contributed by atoms with Gasteiger partial charge in [-0.05, 0) is 24.6 Å². The summed E-state index contributed by atoms with van der Waals surface area (Å²) in [7, 11) is 0. The van der Waals surface area contributed by atoms with Gasteiger partial charge in [-0.25, -0.2) is 0 Å². The van der Waals surface area contributed by atoms with Gasteiger partial charge in [-0.2, -0.15) is 0 Å². The number of hydrogen-bond acceptors (Lipinski definition) is 1. The third kappa shape index (κ3) is 2.71. The van der Waals surface area contributed by atoms with Crippen LogP contribution in [0.15, 0.2) is 55.3 Å². The second-order valence-corrected chi connectivity index (χ2v) is 2.55. The molecule has 1 heterocycles. The molecule has 1 nitrogen and oxygen atoms in total. The molecule has 0 aliphatic rings. The fraction of sp³-hybridized carbons (Fsp3) is 0.0833. The van der Waals surface area contributed by atoms with E-state index in [4.69, 9.17) is 0 Å². The van der Waals surface area contributed by atoms with E-state index in [0.29, 0.717) is 0 Å². The van der Waals surface area contributed by atoms with Crippen LogP contribution < -0.4 is 0 Å². The first-order valence-electron chi connectivity index (χ1n) is 4.25. The smallest absolute Gasteiger partial charge is 0.0698 e. The Morgan fingerprint density at radius 2 is 2.31 bits per heavy atom. The summed E-state index contributed by atoms with van der Waals surface area (Å²) in [5, 5.41) is 0. The van der Waals surface area contributed by atoms with Crippen molar-refractivity contribution < 1.29 is 0 Å². The molecule has 0 saturated heterocycles. The van der Waals surface area contributed by atoms with E-state index in [2.05, 4.69) is 11.6 Å². The highest BCUT2D eigenvalue weighted by Crippen LogP contribution is 2.11. The minimum absolute atomic E-state index is 0.989. The molecule has 0 unspecified atom stereocenters. The Kier molecular flexibility index (Phi) is 3.71. The summed E-state index contributed by atoms with van der Waals surface area (Å²) >= 11 is 0. The SMILES string of the molecule is C=CC=CC(=CC)c1ccccn1. The van der Waals surface area contributed by atoms with Crippen LogP contribution in [0.4, 0.5) is 0 Å². The second-order valence-electron chi connectivity index (χ2n) is 2.55. The molecule has 0 radical (unpaired) electrons. The third-order valence-corrected chi connectivity index (χ3v) is 1.68. The van der Waals surface area contributed by atoms with Gasteiger partial charge in [-0.15, -0.1) is 0 Å². The molecule has 0 aliphatic heterocycles. The Morgan fingerprint density at radius 3 is 2.85 bits per heavy atom. The van der Waals surface area contributed by atoms with Crippen molar-refractivity contribution in [2.75, 3.05) is 0 Å². The van der Waals surface area contributed by atoms with Crippen molar-refractivity contribution in [1.82, 2.24) is 4.98 Å². The highest BCUT2D eigenvalue weighted by atomic mass is 14.7. The van der Waals surface area contributed by atoms with Crippen molar-refractivity contribution in [2.45, 2.75) is 6.92 Å². The van der Waals surface area contributed by atoms with Crippen LogP contribution >= 0.6 is 0 Å². The topological polar surface area (TPSA) is 12.9 Å². The fourth-order valence-electron chi connectivity index (χ4n) is 1.03. The quantitative estimate of drug-likeness (QED) is 0.636. The van der Waals surface area contributed by atoms with Gasteiger partial charge in [0.25, 0.3) is 0 Å². The Morgan fingerprint density at radius 1 is 1.46 bits per heavy atom. The van der Waals surface area contributed by atoms with Crippen LogP contribution in [0.5, 0.6) is 0 Å². The van der Waals surface area contributed by atoms with Crippen molar-refractivity contribution in [3.8, 4) is 0 Å². The normalized spacial score (nSPS) is 11.9. The molecular formula is C12H13N. The van der Waals surface area contributed by atoms with Crippen molar-refractivity contribution in [1.29, 1.82) is 0 Å². The van der Waals surface area contributed by atoms with Crippen LogP contribution in [0.2, 0.25) is 0 Å². The molecule has 1 aromatic rings. The van der Waals surface area contributed by atoms with Crippen molar-refractivity contribution in [3.05, 3.63) is 61.0 Å². The van der Waals surface area contributed by atoms with Crippen LogP contribution in [-0.4, -0.2) is 4.98 Å². The molecule has 1 rings (SSSR count). The standard InChI is InChI=1S/C12H13N/c1-3-5-8-11(4-2)12-9-6-7-10-13-12/h3-10H,1H2,2H3. The van der Waals surface area contributed by atoms with Crippen LogP contribution in [0.25, 0.3) is 5.57 Å². The Balaban J connectivity index is 2.92. The highest BCUT2D eigenvalue weighted by molar-refractivity contribution is 5.71. The average molecular weight is 171 g/mol. The molecule has 0 spiro atoms. The lowest BCUT2D eigenvalue weighted by Crippen LogP contribution is -1.83. The summed E-state index contributed by atoms with van der Waals surface area (Å²) in [5.74, 6) is 0. The van der Waals surface area contributed by atoms with Gasteiger partial charge in [0.1, 0.15) is 0 Å². The Labute approximate surface area is 79.1 Å². The largest absolute Gasteiger partial charge is 0.256 e. The lowest BCUT2D eigenvalue weighted by Gasteiger charge is -1.98. The molecule has 1 aromatic heterocycles. The molecular weight excluding hydrogens is 158 g/mol. The van der Waals surface area contributed by atoms with Gasteiger partial charge in [-0.1, -0.05) is 36.9 Å². The molecule has 0 N–H and O–H groups in total. The predicted octanol–water partition coefficient (Wildman–Crippen LogP) is 3.23. The van der Waals surface area contributed by atoms with Gasteiger partial charge in [0.15, 0.2) is 0 Å². The highest BCUT2D eigenvalue weighted by Gasteiger charge is 1.94. The third-order valence-electron chi connectivity index (χ3n) is 1.68. The monoisotopic (exact) mass is 171 g/mol. The molecule has 66 valence electrons. The van der Waals surface area contributed by atoms with Gasteiger partial charge >= 0.3 is 0 Å². The summed E-state index contributed by atoms with van der Waals surface area (Å²) in [5.41, 5.74) is 2.10. The first kappa shape index (κ1) is 9.46. The maximum absolute atomic E-state index is 4.25. The van der Waals surface area contributed by atoms with Gasteiger partial charge in [0.2, 0.25) is 0 Å². The fourth-order valence-corrected chi connectivity index (χ4v) is 1.03. The van der Waals surface area contributed by atoms with E-state index >= 15 is 0 Å². The number of hydrogen-bond donors (Lipinski definition) is 0. The molecule has 0 aromatic carbocycles. The maximum atomic E-state index is 4.25. The van der Waals surface area contributed by atoms with E-state index in [0.717, 1.165) is 11.3 Å². The van der Waals surface area contributed by atoms with E-state index in [1.165, 1.54) is 0 Å². The van der Waals surface area contributed by atoms with E-state index in [9.17, 15) is 0 Å². The van der Waals surface area contributed by atoms with E-state index in [1.54, 1.807) is 12.3 Å². The number of pyridine rings is 1. The van der Waals surface area contributed by atoms with E-state index < -0.39 is 0 Å². The lowest BCUT2D eigenvalue weighted by atomic mass is 10.1. The first-order valence-corrected chi connectivity index (χ1v) is 4.25. The van der Waals surface area contributed by atoms with Gasteiger partial charge < -0.3 is 0 Å². The number of rotatable bonds is 3. The summed E-state index contributed by atoms with van der Waals surface area (Å²) in [6, 6.07) is 5.88. The lowest BCUT2D eigenvalue weighted by molar-refractivity contribution is 1.28. The summed E-state index contributed by atoms with van der Waals surface area (Å²) in [4.78, 5) is 4.25. The molecule has 0 amide bonds. The van der Waals surface area contributed by atoms with E-state index in [-0.39, 0.29) is 0 Å². The number of aromatic nitrogens is 1. The number of allylic oxidation sites excluding steroid dienone is 5. The first-order chi connectivity index (χ1) is 6.38. The van der Waals surface area contributed by atoms with Gasteiger partial charge in [0, 0.05) is 6.20 Å². The molecule has 0 atom stereocenters. The van der Waals surface area contributed by atoms with Crippen LogP contribution in [0.1, 0.15) is 12.6 Å². The zero-order chi connectivity index (χ0) is 9.52. The Hall–Kier alpha value is -1.63. The minimum atomic E-state index is 0.989. The van der Waals surface area contributed by atoms with Crippen molar-refractivity contribution in [2.24, 2.45) is 0 Å². The van der Waals surface area contributed by atoms with Gasteiger partial charge in [-0.3, -0.25) is 4.98 Å². The summed E-state index contributed by atoms with van der Waals surface area (Å²) in [6.45, 7) is 5.62. The predicted molar refractivity (Wildman–Crippen MR) is 57.2 cm³/mol. The van der Waals surface area contributed by atoms with Crippen LogP contribution in [0.3, 0.4) is 0 Å². The van der Waals surface area contributed by atoms with E-state index in [1.807, 2.05) is 43.4 Å². The molecule has 1 heteroatoms. The Bertz CT molecular complexity index is 320. The van der Waals surface area contributed by atoms with Crippen molar-refractivity contribution >= 4 is 5.57 Å².